The van der Waals surface area contributed by atoms with Crippen LogP contribution in [-0.4, -0.2) is 34.7 Å². The van der Waals surface area contributed by atoms with Gasteiger partial charge >= 0.3 is 0 Å². The zero-order chi connectivity index (χ0) is 17.2. The second kappa shape index (κ2) is 6.83. The van der Waals surface area contributed by atoms with Crippen molar-refractivity contribution >= 4 is 21.4 Å². The van der Waals surface area contributed by atoms with E-state index in [2.05, 4.69) is 9.62 Å². The summed E-state index contributed by atoms with van der Waals surface area (Å²) in [6.07, 6.45) is 1.28. The van der Waals surface area contributed by atoms with Crippen molar-refractivity contribution in [2.24, 2.45) is 0 Å². The monoisotopic (exact) mass is 346 g/mol. The largest absolute Gasteiger partial charge is 0.380 e. The van der Waals surface area contributed by atoms with E-state index in [-0.39, 0.29) is 11.0 Å². The number of benzene rings is 2. The number of hydrogen-bond donors (Lipinski definition) is 1. The number of ether oxygens (including phenoxy) is 1. The minimum Gasteiger partial charge on any atom is -0.380 e. The zero-order valence-corrected chi connectivity index (χ0v) is 14.7. The van der Waals surface area contributed by atoms with Crippen molar-refractivity contribution in [2.75, 3.05) is 29.8 Å². The third-order valence-corrected chi connectivity index (χ3v) is 5.64. The summed E-state index contributed by atoms with van der Waals surface area (Å²) >= 11 is 0. The average molecular weight is 346 g/mol. The maximum Gasteiger partial charge on any atom is 0.261 e. The van der Waals surface area contributed by atoms with E-state index < -0.39 is 10.0 Å². The minimum absolute atomic E-state index is 0.268. The number of nitrogens with zero attached hydrogens (tertiary/aromatic N) is 1. The molecule has 0 spiro atoms. The number of rotatable bonds is 5. The Labute approximate surface area is 143 Å². The SMILES string of the molecule is CO[C@@H]1CCN(c2ccc(NS(=O)(=O)c3cccc(C)c3)cc2)C1. The highest BCUT2D eigenvalue weighted by molar-refractivity contribution is 7.92. The molecule has 6 heteroatoms. The lowest BCUT2D eigenvalue weighted by atomic mass is 10.2. The molecule has 3 rings (SSSR count). The van der Waals surface area contributed by atoms with Gasteiger partial charge in [-0.25, -0.2) is 8.42 Å². The van der Waals surface area contributed by atoms with Crippen LogP contribution in [0.1, 0.15) is 12.0 Å². The van der Waals surface area contributed by atoms with Gasteiger partial charge < -0.3 is 9.64 Å². The van der Waals surface area contributed by atoms with Gasteiger partial charge in [-0.1, -0.05) is 12.1 Å². The van der Waals surface area contributed by atoms with Crippen LogP contribution in [0.25, 0.3) is 0 Å². The second-order valence-corrected chi connectivity index (χ2v) is 7.74. The molecule has 1 saturated heterocycles. The van der Waals surface area contributed by atoms with E-state index in [4.69, 9.17) is 4.74 Å². The van der Waals surface area contributed by atoms with Gasteiger partial charge in [0.05, 0.1) is 11.0 Å². The lowest BCUT2D eigenvalue weighted by Crippen LogP contribution is -2.22. The smallest absolute Gasteiger partial charge is 0.261 e. The van der Waals surface area contributed by atoms with Crippen LogP contribution in [0.4, 0.5) is 11.4 Å². The van der Waals surface area contributed by atoms with E-state index in [0.29, 0.717) is 5.69 Å². The standard InChI is InChI=1S/C18H22N2O3S/c1-14-4-3-5-18(12-14)24(21,22)19-15-6-8-16(9-7-15)20-11-10-17(13-20)23-2/h3-9,12,17,19H,10-11,13H2,1-2H3/t17-/m1/s1. The molecule has 1 aliphatic rings. The fraction of sp³-hybridized carbons (Fsp3) is 0.333. The molecule has 128 valence electrons. The van der Waals surface area contributed by atoms with Crippen LogP contribution in [0.5, 0.6) is 0 Å². The van der Waals surface area contributed by atoms with Gasteiger partial charge in [-0.2, -0.15) is 0 Å². The van der Waals surface area contributed by atoms with Gasteiger partial charge in [-0.05, 0) is 55.3 Å². The van der Waals surface area contributed by atoms with E-state index in [1.807, 2.05) is 25.1 Å². The molecule has 24 heavy (non-hydrogen) atoms. The van der Waals surface area contributed by atoms with Crippen LogP contribution >= 0.6 is 0 Å². The van der Waals surface area contributed by atoms with Gasteiger partial charge in [-0.3, -0.25) is 4.72 Å². The Bertz CT molecular complexity index is 803. The summed E-state index contributed by atoms with van der Waals surface area (Å²) in [5.74, 6) is 0. The molecular weight excluding hydrogens is 324 g/mol. The number of sulfonamides is 1. The van der Waals surface area contributed by atoms with E-state index in [0.717, 1.165) is 30.8 Å². The van der Waals surface area contributed by atoms with Gasteiger partial charge in [-0.15, -0.1) is 0 Å². The van der Waals surface area contributed by atoms with Crippen molar-refractivity contribution < 1.29 is 13.2 Å². The molecule has 0 bridgehead atoms. The number of anilines is 2. The summed E-state index contributed by atoms with van der Waals surface area (Å²) in [4.78, 5) is 2.52. The van der Waals surface area contributed by atoms with E-state index in [1.54, 1.807) is 37.4 Å². The van der Waals surface area contributed by atoms with Gasteiger partial charge in [0.2, 0.25) is 0 Å². The maximum absolute atomic E-state index is 12.4. The molecule has 1 fully saturated rings. The van der Waals surface area contributed by atoms with Crippen molar-refractivity contribution in [3.8, 4) is 0 Å². The molecule has 0 unspecified atom stereocenters. The highest BCUT2D eigenvalue weighted by Gasteiger charge is 2.22. The number of methoxy groups -OCH3 is 1. The van der Waals surface area contributed by atoms with Crippen molar-refractivity contribution in [1.82, 2.24) is 0 Å². The molecule has 2 aromatic carbocycles. The summed E-state index contributed by atoms with van der Waals surface area (Å²) < 4.78 is 32.9. The van der Waals surface area contributed by atoms with Crippen LogP contribution in [-0.2, 0) is 14.8 Å². The van der Waals surface area contributed by atoms with E-state index >= 15 is 0 Å². The third kappa shape index (κ3) is 3.71. The maximum atomic E-state index is 12.4. The van der Waals surface area contributed by atoms with E-state index in [9.17, 15) is 8.42 Å². The van der Waals surface area contributed by atoms with Crippen LogP contribution < -0.4 is 9.62 Å². The van der Waals surface area contributed by atoms with Gasteiger partial charge in [0, 0.05) is 31.6 Å². The summed E-state index contributed by atoms with van der Waals surface area (Å²) in [5, 5.41) is 0. The zero-order valence-electron chi connectivity index (χ0n) is 13.9. The Morgan fingerprint density at radius 3 is 2.54 bits per heavy atom. The first-order valence-corrected chi connectivity index (χ1v) is 9.43. The highest BCUT2D eigenvalue weighted by Crippen LogP contribution is 2.24. The number of nitrogens with one attached hydrogen (secondary N) is 1. The molecule has 0 radical (unpaired) electrons. The van der Waals surface area contributed by atoms with E-state index in [1.165, 1.54) is 0 Å². The van der Waals surface area contributed by atoms with Crippen molar-refractivity contribution in [2.45, 2.75) is 24.3 Å². The molecule has 1 atom stereocenters. The van der Waals surface area contributed by atoms with Gasteiger partial charge in [0.15, 0.2) is 0 Å². The first-order chi connectivity index (χ1) is 11.5. The van der Waals surface area contributed by atoms with Gasteiger partial charge in [0.25, 0.3) is 10.0 Å². The fourth-order valence-corrected chi connectivity index (χ4v) is 4.05. The third-order valence-electron chi connectivity index (χ3n) is 4.26. The summed E-state index contributed by atoms with van der Waals surface area (Å²) in [6, 6.07) is 14.3. The topological polar surface area (TPSA) is 58.6 Å². The Hall–Kier alpha value is -2.05. The van der Waals surface area contributed by atoms with Crippen molar-refractivity contribution in [3.05, 3.63) is 54.1 Å². The molecule has 0 amide bonds. The molecule has 5 nitrogen and oxygen atoms in total. The van der Waals surface area contributed by atoms with Gasteiger partial charge in [0.1, 0.15) is 0 Å². The molecule has 1 heterocycles. The molecule has 0 saturated carbocycles. The molecule has 2 aromatic rings. The second-order valence-electron chi connectivity index (χ2n) is 6.06. The Kier molecular flexibility index (Phi) is 4.78. The van der Waals surface area contributed by atoms with Crippen LogP contribution in [0.3, 0.4) is 0 Å². The number of hydrogen-bond acceptors (Lipinski definition) is 4. The molecule has 1 N–H and O–H groups in total. The van der Waals surface area contributed by atoms with Crippen LogP contribution in [0, 0.1) is 6.92 Å². The first-order valence-electron chi connectivity index (χ1n) is 7.95. The summed E-state index contributed by atoms with van der Waals surface area (Å²) in [6.45, 7) is 3.69. The fourth-order valence-electron chi connectivity index (χ4n) is 2.89. The quantitative estimate of drug-likeness (QED) is 0.904. The summed E-state index contributed by atoms with van der Waals surface area (Å²) in [5.41, 5.74) is 2.55. The minimum atomic E-state index is -3.56. The number of aryl methyl sites for hydroxylation is 1. The Balaban J connectivity index is 1.72. The lowest BCUT2D eigenvalue weighted by Gasteiger charge is -2.19. The van der Waals surface area contributed by atoms with Crippen LogP contribution in [0.2, 0.25) is 0 Å². The van der Waals surface area contributed by atoms with Crippen molar-refractivity contribution in [1.29, 1.82) is 0 Å². The predicted molar refractivity (Wildman–Crippen MR) is 96.1 cm³/mol. The lowest BCUT2D eigenvalue weighted by molar-refractivity contribution is 0.121. The highest BCUT2D eigenvalue weighted by atomic mass is 32.2. The average Bonchev–Trinajstić information content (AvgIpc) is 3.04. The van der Waals surface area contributed by atoms with Crippen molar-refractivity contribution in [3.63, 3.8) is 0 Å². The first kappa shape index (κ1) is 16.8. The molecule has 0 aromatic heterocycles. The van der Waals surface area contributed by atoms with Crippen LogP contribution in [0.15, 0.2) is 53.4 Å². The summed E-state index contributed by atoms with van der Waals surface area (Å²) in [7, 11) is -1.83. The molecular formula is C18H22N2O3S. The molecule has 1 aliphatic heterocycles. The molecule has 0 aliphatic carbocycles. The Morgan fingerprint density at radius 1 is 1.17 bits per heavy atom. The Morgan fingerprint density at radius 2 is 1.92 bits per heavy atom. The predicted octanol–water partition coefficient (Wildman–Crippen LogP) is 3.02. The normalized spacial score (nSPS) is 17.9.